The molecule has 0 saturated carbocycles. The number of piperidine rings is 1. The van der Waals surface area contributed by atoms with Gasteiger partial charge >= 0.3 is 0 Å². The molecule has 0 atom stereocenters. The molecule has 0 amide bonds. The predicted octanol–water partition coefficient (Wildman–Crippen LogP) is 3.11. The van der Waals surface area contributed by atoms with E-state index in [1.165, 1.54) is 5.57 Å². The third-order valence-electron chi connectivity index (χ3n) is 4.46. The number of methoxy groups -OCH3 is 1. The van der Waals surface area contributed by atoms with Gasteiger partial charge in [0.25, 0.3) is 0 Å². The fourth-order valence-corrected chi connectivity index (χ4v) is 3.11. The van der Waals surface area contributed by atoms with Crippen molar-refractivity contribution in [2.24, 2.45) is 4.99 Å². The summed E-state index contributed by atoms with van der Waals surface area (Å²) in [5.74, 6) is 1.74. The normalized spacial score (nSPS) is 15.7. The summed E-state index contributed by atoms with van der Waals surface area (Å²) in [6.45, 7) is 12.4. The quantitative estimate of drug-likeness (QED) is 0.238. The smallest absolute Gasteiger partial charge is 0.191 e. The van der Waals surface area contributed by atoms with Crippen LogP contribution in [-0.2, 0) is 6.54 Å². The van der Waals surface area contributed by atoms with Gasteiger partial charge in [-0.1, -0.05) is 12.2 Å². The number of phenols is 1. The van der Waals surface area contributed by atoms with Crippen molar-refractivity contribution in [3.8, 4) is 11.5 Å². The number of nitrogens with one attached hydrogen (secondary N) is 2. The summed E-state index contributed by atoms with van der Waals surface area (Å²) in [5, 5.41) is 16.8. The minimum Gasteiger partial charge on any atom is -0.508 e. The van der Waals surface area contributed by atoms with Crippen molar-refractivity contribution in [1.82, 2.24) is 15.5 Å². The van der Waals surface area contributed by atoms with Crippen LogP contribution in [0.3, 0.4) is 0 Å². The highest BCUT2D eigenvalue weighted by molar-refractivity contribution is 14.0. The molecular weight excluding hydrogens is 455 g/mol. The number of benzene rings is 1. The Bertz CT molecular complexity index is 628. The number of rotatable bonds is 7. The molecule has 0 aromatic heterocycles. The highest BCUT2D eigenvalue weighted by Crippen LogP contribution is 2.23. The average Bonchev–Trinajstić information content (AvgIpc) is 2.62. The van der Waals surface area contributed by atoms with Crippen LogP contribution >= 0.6 is 24.0 Å². The second-order valence-corrected chi connectivity index (χ2v) is 6.84. The Morgan fingerprint density at radius 3 is 2.67 bits per heavy atom. The Balaban J connectivity index is 0.00000364. The maximum absolute atomic E-state index is 10.0. The first kappa shape index (κ1) is 23.6. The SMILES string of the molecule is C=C(C)CN1CCC(NC(=NCc2cc(OC)ccc2O)NCC)CC1.I. The van der Waals surface area contributed by atoms with Gasteiger partial charge in [0.05, 0.1) is 13.7 Å². The van der Waals surface area contributed by atoms with Crippen LogP contribution in [0.15, 0.2) is 35.3 Å². The van der Waals surface area contributed by atoms with Gasteiger partial charge in [-0.15, -0.1) is 24.0 Å². The summed E-state index contributed by atoms with van der Waals surface area (Å²) in [5.41, 5.74) is 1.96. The Kier molecular flexibility index (Phi) is 10.5. The molecular formula is C20H33IN4O2. The fraction of sp³-hybridized carbons (Fsp3) is 0.550. The van der Waals surface area contributed by atoms with E-state index in [4.69, 9.17) is 4.74 Å². The van der Waals surface area contributed by atoms with Gasteiger partial charge in [0, 0.05) is 37.8 Å². The second-order valence-electron chi connectivity index (χ2n) is 6.84. The summed E-state index contributed by atoms with van der Waals surface area (Å²) in [6, 6.07) is 5.61. The minimum absolute atomic E-state index is 0. The summed E-state index contributed by atoms with van der Waals surface area (Å²) >= 11 is 0. The minimum atomic E-state index is 0. The van der Waals surface area contributed by atoms with Crippen molar-refractivity contribution >= 4 is 29.9 Å². The number of aromatic hydroxyl groups is 1. The zero-order valence-corrected chi connectivity index (χ0v) is 19.0. The van der Waals surface area contributed by atoms with E-state index in [9.17, 15) is 5.11 Å². The molecule has 0 unspecified atom stereocenters. The highest BCUT2D eigenvalue weighted by atomic mass is 127. The van der Waals surface area contributed by atoms with Gasteiger partial charge in [0.2, 0.25) is 0 Å². The van der Waals surface area contributed by atoms with Crippen LogP contribution in [0.1, 0.15) is 32.3 Å². The number of guanidine groups is 1. The van der Waals surface area contributed by atoms with E-state index in [1.54, 1.807) is 19.2 Å². The monoisotopic (exact) mass is 488 g/mol. The van der Waals surface area contributed by atoms with Crippen LogP contribution in [0, 0.1) is 0 Å². The van der Waals surface area contributed by atoms with E-state index in [2.05, 4.69) is 41.0 Å². The van der Waals surface area contributed by atoms with E-state index in [0.29, 0.717) is 12.6 Å². The topological polar surface area (TPSA) is 69.1 Å². The van der Waals surface area contributed by atoms with Crippen LogP contribution in [-0.4, -0.2) is 55.3 Å². The van der Waals surface area contributed by atoms with Gasteiger partial charge < -0.3 is 20.5 Å². The maximum atomic E-state index is 10.0. The van der Waals surface area contributed by atoms with Gasteiger partial charge in [0.1, 0.15) is 11.5 Å². The Labute approximate surface area is 180 Å². The molecule has 1 heterocycles. The van der Waals surface area contributed by atoms with Crippen LogP contribution in [0.2, 0.25) is 0 Å². The molecule has 1 saturated heterocycles. The molecule has 0 radical (unpaired) electrons. The molecule has 7 heteroatoms. The number of hydrogen-bond donors (Lipinski definition) is 3. The predicted molar refractivity (Wildman–Crippen MR) is 122 cm³/mol. The summed E-state index contributed by atoms with van der Waals surface area (Å²) in [4.78, 5) is 7.08. The van der Waals surface area contributed by atoms with Crippen molar-refractivity contribution in [1.29, 1.82) is 0 Å². The summed E-state index contributed by atoms with van der Waals surface area (Å²) in [6.07, 6.45) is 2.17. The standard InChI is InChI=1S/C20H32N4O2.HI/c1-5-21-20(22-13-16-12-18(26-4)6-7-19(16)25)23-17-8-10-24(11-9-17)14-15(2)3;/h6-7,12,17,25H,2,5,8-11,13-14H2,1,3-4H3,(H2,21,22,23);1H. The van der Waals surface area contributed by atoms with Crippen molar-refractivity contribution in [3.05, 3.63) is 35.9 Å². The van der Waals surface area contributed by atoms with Crippen molar-refractivity contribution < 1.29 is 9.84 Å². The molecule has 152 valence electrons. The molecule has 27 heavy (non-hydrogen) atoms. The van der Waals surface area contributed by atoms with E-state index in [1.807, 2.05) is 6.07 Å². The number of halogens is 1. The first-order valence-corrected chi connectivity index (χ1v) is 9.29. The lowest BCUT2D eigenvalue weighted by Crippen LogP contribution is -2.48. The number of aliphatic imine (C=N–C) groups is 1. The number of ether oxygens (including phenoxy) is 1. The number of hydrogen-bond acceptors (Lipinski definition) is 4. The lowest BCUT2D eigenvalue weighted by Gasteiger charge is -2.33. The molecule has 1 fully saturated rings. The molecule has 6 nitrogen and oxygen atoms in total. The van der Waals surface area contributed by atoms with Crippen LogP contribution in [0.5, 0.6) is 11.5 Å². The van der Waals surface area contributed by atoms with Gasteiger partial charge in [-0.3, -0.25) is 4.90 Å². The molecule has 3 N–H and O–H groups in total. The average molecular weight is 488 g/mol. The molecule has 0 spiro atoms. The summed E-state index contributed by atoms with van der Waals surface area (Å²) < 4.78 is 5.22. The lowest BCUT2D eigenvalue weighted by atomic mass is 10.0. The first-order valence-electron chi connectivity index (χ1n) is 9.29. The molecule has 0 aliphatic carbocycles. The first-order chi connectivity index (χ1) is 12.5. The van der Waals surface area contributed by atoms with Crippen molar-refractivity contribution in [3.63, 3.8) is 0 Å². The van der Waals surface area contributed by atoms with E-state index in [0.717, 1.165) is 56.3 Å². The third-order valence-corrected chi connectivity index (χ3v) is 4.46. The van der Waals surface area contributed by atoms with Gasteiger partial charge in [0.15, 0.2) is 5.96 Å². The third kappa shape index (κ3) is 7.96. The van der Waals surface area contributed by atoms with Crippen molar-refractivity contribution in [2.75, 3.05) is 33.3 Å². The van der Waals surface area contributed by atoms with Gasteiger partial charge in [-0.2, -0.15) is 0 Å². The lowest BCUT2D eigenvalue weighted by molar-refractivity contribution is 0.221. The molecule has 1 aromatic carbocycles. The van der Waals surface area contributed by atoms with Gasteiger partial charge in [-0.25, -0.2) is 4.99 Å². The van der Waals surface area contributed by atoms with Crippen molar-refractivity contribution in [2.45, 2.75) is 39.3 Å². The largest absolute Gasteiger partial charge is 0.508 e. The highest BCUT2D eigenvalue weighted by Gasteiger charge is 2.19. The van der Waals surface area contributed by atoms with Crippen LogP contribution in [0.25, 0.3) is 0 Å². The Morgan fingerprint density at radius 2 is 2.07 bits per heavy atom. The Morgan fingerprint density at radius 1 is 1.37 bits per heavy atom. The van der Waals surface area contributed by atoms with Crippen LogP contribution in [0.4, 0.5) is 0 Å². The molecule has 1 aliphatic heterocycles. The Hall–Kier alpha value is -1.48. The second kappa shape index (κ2) is 12.1. The van der Waals surface area contributed by atoms with E-state index < -0.39 is 0 Å². The summed E-state index contributed by atoms with van der Waals surface area (Å²) in [7, 11) is 1.62. The maximum Gasteiger partial charge on any atom is 0.191 e. The number of nitrogens with zero attached hydrogens (tertiary/aromatic N) is 2. The van der Waals surface area contributed by atoms with E-state index in [-0.39, 0.29) is 29.7 Å². The molecule has 0 bridgehead atoms. The van der Waals surface area contributed by atoms with Crippen LogP contribution < -0.4 is 15.4 Å². The molecule has 1 aliphatic rings. The van der Waals surface area contributed by atoms with Gasteiger partial charge in [-0.05, 0) is 44.9 Å². The zero-order valence-electron chi connectivity index (χ0n) is 16.6. The molecule has 2 rings (SSSR count). The fourth-order valence-electron chi connectivity index (χ4n) is 3.11. The van der Waals surface area contributed by atoms with E-state index >= 15 is 0 Å². The zero-order chi connectivity index (χ0) is 18.9. The number of likely N-dealkylation sites (tertiary alicyclic amines) is 1. The number of phenolic OH excluding ortho intramolecular Hbond substituents is 1. The molecule has 1 aromatic rings.